The minimum atomic E-state index is -0.519. The molecule has 0 radical (unpaired) electrons. The third-order valence-electron chi connectivity index (χ3n) is 6.87. The maximum absolute atomic E-state index is 13.5. The molecule has 2 aromatic rings. The standard InChI is InChI=1S/C27H35FN4O3/c1-35-24-4-2-3-20(15-24)18-31(17-19-5-9-22(28)10-6-19)23-11-14-32(27(34)21-7-8-21)25(16-23)26(33)30-13-12-29/h2-6,9-10,15,21,23,25H,7-8,11-14,16-18,29H2,1H3,(H,30,33)/t23?,25-/m1/s1. The van der Waals surface area contributed by atoms with E-state index < -0.39 is 6.04 Å². The zero-order chi connectivity index (χ0) is 24.8. The van der Waals surface area contributed by atoms with E-state index in [-0.39, 0.29) is 29.6 Å². The van der Waals surface area contributed by atoms with Gasteiger partial charge in [0.25, 0.3) is 0 Å². The van der Waals surface area contributed by atoms with E-state index in [4.69, 9.17) is 10.5 Å². The molecule has 1 aliphatic heterocycles. The third-order valence-corrected chi connectivity index (χ3v) is 6.87. The Morgan fingerprint density at radius 2 is 1.86 bits per heavy atom. The van der Waals surface area contributed by atoms with Crippen LogP contribution in [0.2, 0.25) is 0 Å². The van der Waals surface area contributed by atoms with Crippen molar-refractivity contribution in [2.75, 3.05) is 26.7 Å². The van der Waals surface area contributed by atoms with E-state index >= 15 is 0 Å². The summed E-state index contributed by atoms with van der Waals surface area (Å²) < 4.78 is 18.9. The molecule has 1 heterocycles. The predicted molar refractivity (Wildman–Crippen MR) is 132 cm³/mol. The van der Waals surface area contributed by atoms with Crippen molar-refractivity contribution in [3.8, 4) is 5.75 Å². The molecule has 0 bridgehead atoms. The Morgan fingerprint density at radius 3 is 2.54 bits per heavy atom. The summed E-state index contributed by atoms with van der Waals surface area (Å²) in [6, 6.07) is 14.0. The van der Waals surface area contributed by atoms with Crippen LogP contribution in [0.1, 0.15) is 36.8 Å². The lowest BCUT2D eigenvalue weighted by molar-refractivity contribution is -0.144. The molecular weight excluding hydrogens is 447 g/mol. The highest BCUT2D eigenvalue weighted by Gasteiger charge is 2.42. The van der Waals surface area contributed by atoms with E-state index in [1.165, 1.54) is 12.1 Å². The Bertz CT molecular complexity index is 1010. The highest BCUT2D eigenvalue weighted by molar-refractivity contribution is 5.89. The number of nitrogens with zero attached hydrogens (tertiary/aromatic N) is 2. The van der Waals surface area contributed by atoms with Crippen LogP contribution in [0.25, 0.3) is 0 Å². The van der Waals surface area contributed by atoms with Gasteiger partial charge in [-0.15, -0.1) is 0 Å². The number of methoxy groups -OCH3 is 1. The fourth-order valence-electron chi connectivity index (χ4n) is 4.81. The number of ether oxygens (including phenoxy) is 1. The van der Waals surface area contributed by atoms with E-state index in [1.54, 1.807) is 24.1 Å². The Morgan fingerprint density at radius 1 is 1.11 bits per heavy atom. The number of rotatable bonds is 10. The fraction of sp³-hybridized carbons (Fsp3) is 0.481. The van der Waals surface area contributed by atoms with Crippen LogP contribution in [-0.2, 0) is 22.7 Å². The van der Waals surface area contributed by atoms with E-state index in [0.717, 1.165) is 36.1 Å². The van der Waals surface area contributed by atoms with Crippen molar-refractivity contribution in [2.24, 2.45) is 11.7 Å². The molecule has 1 aliphatic carbocycles. The van der Waals surface area contributed by atoms with Crippen LogP contribution in [0, 0.1) is 11.7 Å². The first-order valence-electron chi connectivity index (χ1n) is 12.4. The second-order valence-corrected chi connectivity index (χ2v) is 9.46. The van der Waals surface area contributed by atoms with Crippen molar-refractivity contribution in [1.29, 1.82) is 0 Å². The quantitative estimate of drug-likeness (QED) is 0.544. The molecule has 1 saturated heterocycles. The van der Waals surface area contributed by atoms with Gasteiger partial charge in [-0.25, -0.2) is 4.39 Å². The molecule has 1 saturated carbocycles. The first kappa shape index (κ1) is 25.1. The third kappa shape index (κ3) is 6.58. The number of hydrogen-bond acceptors (Lipinski definition) is 5. The maximum Gasteiger partial charge on any atom is 0.242 e. The second kappa shape index (κ2) is 11.6. The van der Waals surface area contributed by atoms with Crippen molar-refractivity contribution in [3.05, 3.63) is 65.5 Å². The van der Waals surface area contributed by atoms with E-state index in [2.05, 4.69) is 16.3 Å². The molecule has 3 N–H and O–H groups in total. The van der Waals surface area contributed by atoms with Gasteiger partial charge in [0.05, 0.1) is 7.11 Å². The summed E-state index contributed by atoms with van der Waals surface area (Å²) in [6.45, 7) is 2.53. The van der Waals surface area contributed by atoms with Crippen molar-refractivity contribution in [3.63, 3.8) is 0 Å². The van der Waals surface area contributed by atoms with E-state index in [1.807, 2.05) is 18.2 Å². The first-order valence-corrected chi connectivity index (χ1v) is 12.4. The summed E-state index contributed by atoms with van der Waals surface area (Å²) in [5.41, 5.74) is 7.69. The van der Waals surface area contributed by atoms with Crippen LogP contribution in [-0.4, -0.2) is 60.4 Å². The predicted octanol–water partition coefficient (Wildman–Crippen LogP) is 2.68. The minimum Gasteiger partial charge on any atom is -0.497 e. The SMILES string of the molecule is COc1cccc(CN(Cc2ccc(F)cc2)C2CCN(C(=O)C3CC3)[C@@H](C(=O)NCCN)C2)c1. The van der Waals surface area contributed by atoms with Crippen molar-refractivity contribution in [1.82, 2.24) is 15.1 Å². The molecule has 2 atom stereocenters. The number of hydrogen-bond donors (Lipinski definition) is 2. The van der Waals surface area contributed by atoms with Gasteiger partial charge in [0.1, 0.15) is 17.6 Å². The van der Waals surface area contributed by atoms with Crippen molar-refractivity contribution < 1.29 is 18.7 Å². The summed E-state index contributed by atoms with van der Waals surface area (Å²) in [5.74, 6) is 0.528. The van der Waals surface area contributed by atoms with E-state index in [9.17, 15) is 14.0 Å². The number of piperidine rings is 1. The van der Waals surface area contributed by atoms with Gasteiger partial charge < -0.3 is 20.7 Å². The molecule has 2 amide bonds. The van der Waals surface area contributed by atoms with Gasteiger partial charge in [0.15, 0.2) is 0 Å². The van der Waals surface area contributed by atoms with Crippen LogP contribution in [0.3, 0.4) is 0 Å². The Kier molecular flexibility index (Phi) is 8.36. The Labute approximate surface area is 206 Å². The van der Waals surface area contributed by atoms with Crippen LogP contribution in [0.5, 0.6) is 5.75 Å². The number of benzene rings is 2. The van der Waals surface area contributed by atoms with Gasteiger partial charge in [-0.2, -0.15) is 0 Å². The van der Waals surface area contributed by atoms with Crippen molar-refractivity contribution in [2.45, 2.75) is 50.9 Å². The zero-order valence-electron chi connectivity index (χ0n) is 20.3. The lowest BCUT2D eigenvalue weighted by atomic mass is 9.93. The number of halogens is 1. The van der Waals surface area contributed by atoms with Crippen LogP contribution < -0.4 is 15.8 Å². The molecule has 2 fully saturated rings. The topological polar surface area (TPSA) is 87.9 Å². The molecule has 7 nitrogen and oxygen atoms in total. The summed E-state index contributed by atoms with van der Waals surface area (Å²) in [4.78, 5) is 30.2. The first-order chi connectivity index (χ1) is 17.0. The molecule has 2 aromatic carbocycles. The summed E-state index contributed by atoms with van der Waals surface area (Å²) >= 11 is 0. The van der Waals surface area contributed by atoms with Gasteiger partial charge in [-0.3, -0.25) is 14.5 Å². The Hall–Kier alpha value is -2.97. The average Bonchev–Trinajstić information content (AvgIpc) is 3.73. The molecular formula is C27H35FN4O3. The minimum absolute atomic E-state index is 0.0588. The highest BCUT2D eigenvalue weighted by Crippen LogP contribution is 2.34. The van der Waals surface area contributed by atoms with E-state index in [0.29, 0.717) is 39.1 Å². The van der Waals surface area contributed by atoms with Crippen molar-refractivity contribution >= 4 is 11.8 Å². The normalized spacial score (nSPS) is 20.1. The summed E-state index contributed by atoms with van der Waals surface area (Å²) in [5, 5.41) is 2.89. The smallest absolute Gasteiger partial charge is 0.242 e. The number of nitrogens with one attached hydrogen (secondary N) is 1. The Balaban J connectivity index is 1.57. The molecule has 35 heavy (non-hydrogen) atoms. The zero-order valence-corrected chi connectivity index (χ0v) is 20.3. The number of carbonyl (C=O) groups is 2. The lowest BCUT2D eigenvalue weighted by Crippen LogP contribution is -2.57. The maximum atomic E-state index is 13.5. The molecule has 0 aromatic heterocycles. The number of likely N-dealkylation sites (tertiary alicyclic amines) is 1. The van der Waals surface area contributed by atoms with Crippen LogP contribution in [0.15, 0.2) is 48.5 Å². The molecule has 4 rings (SSSR count). The highest BCUT2D eigenvalue weighted by atomic mass is 19.1. The number of carbonyl (C=O) groups excluding carboxylic acids is 2. The molecule has 188 valence electrons. The van der Waals surface area contributed by atoms with Gasteiger partial charge in [-0.1, -0.05) is 24.3 Å². The van der Waals surface area contributed by atoms with Gasteiger partial charge in [0.2, 0.25) is 11.8 Å². The summed E-state index contributed by atoms with van der Waals surface area (Å²) in [6.07, 6.45) is 3.12. The number of nitrogens with two attached hydrogens (primary N) is 1. The number of amides is 2. The second-order valence-electron chi connectivity index (χ2n) is 9.46. The summed E-state index contributed by atoms with van der Waals surface area (Å²) in [7, 11) is 1.65. The van der Waals surface area contributed by atoms with Crippen LogP contribution in [0.4, 0.5) is 4.39 Å². The largest absolute Gasteiger partial charge is 0.497 e. The van der Waals surface area contributed by atoms with Gasteiger partial charge >= 0.3 is 0 Å². The molecule has 2 aliphatic rings. The van der Waals surface area contributed by atoms with Gasteiger partial charge in [-0.05, 0) is 61.1 Å². The average molecular weight is 483 g/mol. The lowest BCUT2D eigenvalue weighted by Gasteiger charge is -2.43. The van der Waals surface area contributed by atoms with Gasteiger partial charge in [0, 0.05) is 44.7 Å². The molecule has 1 unspecified atom stereocenters. The molecule has 0 spiro atoms. The van der Waals surface area contributed by atoms with Crippen LogP contribution >= 0.6 is 0 Å². The monoisotopic (exact) mass is 482 g/mol. The molecule has 8 heteroatoms. The fourth-order valence-corrected chi connectivity index (χ4v) is 4.81.